The van der Waals surface area contributed by atoms with E-state index in [4.69, 9.17) is 14.5 Å². The van der Waals surface area contributed by atoms with E-state index in [1.807, 2.05) is 20.8 Å². The lowest BCUT2D eigenvalue weighted by atomic mass is 10.1. The summed E-state index contributed by atoms with van der Waals surface area (Å²) in [6, 6.07) is 7.31. The summed E-state index contributed by atoms with van der Waals surface area (Å²) in [5.74, 6) is 0.350. The standard InChI is InChI=1S/C24H27FN6O4/c1-24(2,3)35-23(33)30-13-17-19(14-30)26-22(27-21(17)29-8-10-34-11-9-29)31-20(32)12-18(28-31)15-4-6-16(25)7-5-15/h4-7,12,32H,8-11,13-14H2,1-3H3. The predicted molar refractivity (Wildman–Crippen MR) is 125 cm³/mol. The van der Waals surface area contributed by atoms with Crippen molar-refractivity contribution in [1.82, 2.24) is 24.6 Å². The van der Waals surface area contributed by atoms with Gasteiger partial charge in [0.15, 0.2) is 0 Å². The zero-order valence-corrected chi connectivity index (χ0v) is 19.9. The number of ether oxygens (including phenoxy) is 2. The summed E-state index contributed by atoms with van der Waals surface area (Å²) in [6.45, 7) is 8.45. The van der Waals surface area contributed by atoms with Crippen molar-refractivity contribution in [3.8, 4) is 23.1 Å². The third-order valence-electron chi connectivity index (χ3n) is 5.73. The molecule has 1 fully saturated rings. The number of amides is 1. The average molecular weight is 483 g/mol. The maximum Gasteiger partial charge on any atom is 0.410 e. The molecular weight excluding hydrogens is 455 g/mol. The zero-order valence-electron chi connectivity index (χ0n) is 19.9. The summed E-state index contributed by atoms with van der Waals surface area (Å²) in [7, 11) is 0. The number of carbonyl (C=O) groups is 1. The normalized spacial score (nSPS) is 15.9. The number of benzene rings is 1. The molecule has 35 heavy (non-hydrogen) atoms. The zero-order chi connectivity index (χ0) is 24.7. The molecule has 184 valence electrons. The molecule has 11 heteroatoms. The van der Waals surface area contributed by atoms with Crippen LogP contribution in [0.5, 0.6) is 5.88 Å². The Bertz CT molecular complexity index is 1250. The number of anilines is 1. The molecule has 4 heterocycles. The maximum atomic E-state index is 13.3. The molecule has 0 radical (unpaired) electrons. The first-order chi connectivity index (χ1) is 16.7. The highest BCUT2D eigenvalue weighted by molar-refractivity contribution is 5.70. The Labute approximate surface area is 201 Å². The van der Waals surface area contributed by atoms with Crippen molar-refractivity contribution < 1.29 is 23.8 Å². The molecule has 0 spiro atoms. The predicted octanol–water partition coefficient (Wildman–Crippen LogP) is 3.26. The summed E-state index contributed by atoms with van der Waals surface area (Å²) in [6.07, 6.45) is -0.425. The molecule has 0 atom stereocenters. The van der Waals surface area contributed by atoms with Gasteiger partial charge >= 0.3 is 6.09 Å². The van der Waals surface area contributed by atoms with Crippen molar-refractivity contribution in [2.24, 2.45) is 0 Å². The number of nitrogens with zero attached hydrogens (tertiary/aromatic N) is 6. The Morgan fingerprint density at radius 2 is 1.83 bits per heavy atom. The van der Waals surface area contributed by atoms with Gasteiger partial charge in [-0.3, -0.25) is 4.90 Å². The monoisotopic (exact) mass is 482 g/mol. The fourth-order valence-electron chi connectivity index (χ4n) is 4.09. The van der Waals surface area contributed by atoms with Gasteiger partial charge in [0, 0.05) is 30.3 Å². The number of aromatic nitrogens is 4. The Hall–Kier alpha value is -3.73. The molecule has 5 rings (SSSR count). The molecule has 1 saturated heterocycles. The second-order valence-electron chi connectivity index (χ2n) is 9.51. The van der Waals surface area contributed by atoms with E-state index < -0.39 is 11.7 Å². The van der Waals surface area contributed by atoms with Crippen LogP contribution in [0.1, 0.15) is 32.0 Å². The molecule has 2 aromatic heterocycles. The van der Waals surface area contributed by atoms with Crippen LogP contribution in [-0.2, 0) is 22.6 Å². The van der Waals surface area contributed by atoms with Crippen LogP contribution in [0.25, 0.3) is 17.2 Å². The van der Waals surface area contributed by atoms with Crippen molar-refractivity contribution in [1.29, 1.82) is 0 Å². The molecule has 1 N–H and O–H groups in total. The Balaban J connectivity index is 1.52. The lowest BCUT2D eigenvalue weighted by molar-refractivity contribution is 0.0240. The number of fused-ring (bicyclic) bond motifs is 1. The second-order valence-corrected chi connectivity index (χ2v) is 9.51. The molecule has 1 aromatic carbocycles. The Kier molecular flexibility index (Phi) is 5.79. The van der Waals surface area contributed by atoms with E-state index in [2.05, 4.69) is 15.0 Å². The van der Waals surface area contributed by atoms with Gasteiger partial charge in [-0.05, 0) is 45.0 Å². The highest BCUT2D eigenvalue weighted by atomic mass is 19.1. The van der Waals surface area contributed by atoms with Crippen LogP contribution in [0.2, 0.25) is 0 Å². The summed E-state index contributed by atoms with van der Waals surface area (Å²) in [5, 5.41) is 15.1. The van der Waals surface area contributed by atoms with Crippen molar-refractivity contribution >= 4 is 11.9 Å². The molecule has 3 aromatic rings. The van der Waals surface area contributed by atoms with Gasteiger partial charge in [-0.1, -0.05) is 0 Å². The topological polar surface area (TPSA) is 106 Å². The minimum absolute atomic E-state index is 0.154. The average Bonchev–Trinajstić information content (AvgIpc) is 3.42. The van der Waals surface area contributed by atoms with Gasteiger partial charge in [-0.15, -0.1) is 0 Å². The SMILES string of the molecule is CC(C)(C)OC(=O)N1Cc2nc(-n3nc(-c4ccc(F)cc4)cc3O)nc(N3CCOCC3)c2C1. The van der Waals surface area contributed by atoms with Crippen LogP contribution >= 0.6 is 0 Å². The highest BCUT2D eigenvalue weighted by Gasteiger charge is 2.33. The minimum Gasteiger partial charge on any atom is -0.493 e. The van der Waals surface area contributed by atoms with E-state index in [0.717, 1.165) is 5.56 Å². The first kappa shape index (κ1) is 23.0. The van der Waals surface area contributed by atoms with E-state index >= 15 is 0 Å². The van der Waals surface area contributed by atoms with E-state index in [-0.39, 0.29) is 24.2 Å². The van der Waals surface area contributed by atoms with Gasteiger partial charge in [0.05, 0.1) is 37.7 Å². The minimum atomic E-state index is -0.618. The third-order valence-corrected chi connectivity index (χ3v) is 5.73. The molecule has 2 aliphatic heterocycles. The first-order valence-corrected chi connectivity index (χ1v) is 11.4. The van der Waals surface area contributed by atoms with Gasteiger partial charge in [-0.2, -0.15) is 14.8 Å². The highest BCUT2D eigenvalue weighted by Crippen LogP contribution is 2.33. The molecule has 10 nitrogen and oxygen atoms in total. The number of hydrogen-bond donors (Lipinski definition) is 1. The third kappa shape index (κ3) is 4.76. The Morgan fingerprint density at radius 1 is 1.11 bits per heavy atom. The van der Waals surface area contributed by atoms with Crippen LogP contribution < -0.4 is 4.90 Å². The van der Waals surface area contributed by atoms with Gasteiger partial charge in [0.1, 0.15) is 17.2 Å². The van der Waals surface area contributed by atoms with Gasteiger partial charge < -0.3 is 19.5 Å². The number of rotatable bonds is 3. The first-order valence-electron chi connectivity index (χ1n) is 11.4. The fourth-order valence-corrected chi connectivity index (χ4v) is 4.09. The van der Waals surface area contributed by atoms with Crippen LogP contribution in [-0.4, -0.2) is 67.8 Å². The molecular formula is C24H27FN6O4. The summed E-state index contributed by atoms with van der Waals surface area (Å²) < 4.78 is 25.6. The number of aromatic hydroxyl groups is 1. The van der Waals surface area contributed by atoms with Crippen LogP contribution in [0.15, 0.2) is 30.3 Å². The lowest BCUT2D eigenvalue weighted by Crippen LogP contribution is -2.38. The van der Waals surface area contributed by atoms with Crippen molar-refractivity contribution in [3.63, 3.8) is 0 Å². The summed E-state index contributed by atoms with van der Waals surface area (Å²) in [5.41, 5.74) is 1.99. The summed E-state index contributed by atoms with van der Waals surface area (Å²) in [4.78, 5) is 25.8. The number of morpholine rings is 1. The molecule has 2 aliphatic rings. The molecule has 1 amide bonds. The molecule has 0 aliphatic carbocycles. The van der Waals surface area contributed by atoms with Crippen LogP contribution in [0, 0.1) is 5.82 Å². The van der Waals surface area contributed by atoms with Crippen molar-refractivity contribution in [2.75, 3.05) is 31.2 Å². The fraction of sp³-hybridized carbons (Fsp3) is 0.417. The van der Waals surface area contributed by atoms with Crippen molar-refractivity contribution in [3.05, 3.63) is 47.4 Å². The molecule has 0 unspecified atom stereocenters. The maximum absolute atomic E-state index is 13.3. The number of hydrogen-bond acceptors (Lipinski definition) is 8. The molecule has 0 saturated carbocycles. The van der Waals surface area contributed by atoms with E-state index in [0.29, 0.717) is 55.6 Å². The van der Waals surface area contributed by atoms with Gasteiger partial charge in [-0.25, -0.2) is 14.2 Å². The summed E-state index contributed by atoms with van der Waals surface area (Å²) >= 11 is 0. The van der Waals surface area contributed by atoms with E-state index in [9.17, 15) is 14.3 Å². The smallest absolute Gasteiger partial charge is 0.410 e. The lowest BCUT2D eigenvalue weighted by Gasteiger charge is -2.29. The van der Waals surface area contributed by atoms with Crippen molar-refractivity contribution in [2.45, 2.75) is 39.5 Å². The Morgan fingerprint density at radius 3 is 2.51 bits per heavy atom. The van der Waals surface area contributed by atoms with E-state index in [1.165, 1.54) is 22.9 Å². The second kappa shape index (κ2) is 8.81. The molecule has 0 bridgehead atoms. The number of halogens is 1. The van der Waals surface area contributed by atoms with Gasteiger partial charge in [0.25, 0.3) is 5.95 Å². The number of carbonyl (C=O) groups excluding carboxylic acids is 1. The van der Waals surface area contributed by atoms with E-state index in [1.54, 1.807) is 17.0 Å². The quantitative estimate of drug-likeness (QED) is 0.607. The van der Waals surface area contributed by atoms with Gasteiger partial charge in [0.2, 0.25) is 5.88 Å². The van der Waals surface area contributed by atoms with Crippen LogP contribution in [0.4, 0.5) is 15.0 Å². The van der Waals surface area contributed by atoms with Crippen LogP contribution in [0.3, 0.4) is 0 Å². The largest absolute Gasteiger partial charge is 0.493 e.